The molecule has 0 saturated carbocycles. The number of benzene rings is 3. The van der Waals surface area contributed by atoms with Gasteiger partial charge in [0.25, 0.3) is 5.56 Å². The van der Waals surface area contributed by atoms with E-state index in [-0.39, 0.29) is 24.4 Å². The number of carbonyl (C=O) groups is 1. The van der Waals surface area contributed by atoms with Gasteiger partial charge in [-0.15, -0.1) is 0 Å². The van der Waals surface area contributed by atoms with E-state index in [0.29, 0.717) is 34.1 Å². The van der Waals surface area contributed by atoms with Crippen molar-refractivity contribution in [1.82, 2.24) is 14.5 Å². The molecule has 0 aliphatic heterocycles. The molecule has 4 aromatic rings. The number of carbonyl (C=O) groups excluding carboxylic acids is 1. The van der Waals surface area contributed by atoms with Crippen LogP contribution in [0.2, 0.25) is 5.02 Å². The fourth-order valence-electron chi connectivity index (χ4n) is 3.85. The van der Waals surface area contributed by atoms with Crippen LogP contribution in [0.3, 0.4) is 0 Å². The Bertz CT molecular complexity index is 1450. The highest BCUT2D eigenvalue weighted by atomic mass is 35.5. The monoisotopic (exact) mass is 475 g/mol. The molecule has 0 aliphatic carbocycles. The highest BCUT2D eigenvalue weighted by molar-refractivity contribution is 6.30. The molecule has 1 amide bonds. The van der Waals surface area contributed by atoms with Crippen molar-refractivity contribution in [2.24, 2.45) is 5.92 Å². The summed E-state index contributed by atoms with van der Waals surface area (Å²) in [7, 11) is 0. The predicted molar refractivity (Wildman–Crippen MR) is 136 cm³/mol. The molecule has 1 heterocycles. The molecule has 0 spiro atoms. The van der Waals surface area contributed by atoms with E-state index in [9.17, 15) is 14.4 Å². The summed E-state index contributed by atoms with van der Waals surface area (Å²) in [6.07, 6.45) is 0.235. The van der Waals surface area contributed by atoms with Crippen LogP contribution in [0.5, 0.6) is 0 Å². The summed E-state index contributed by atoms with van der Waals surface area (Å²) in [6.45, 7) is 4.97. The quantitative estimate of drug-likeness (QED) is 0.436. The molecule has 6 nitrogen and oxygen atoms in total. The fraction of sp³-hybridized carbons (Fsp3) is 0.222. The maximum atomic E-state index is 13.5. The average Bonchev–Trinajstić information content (AvgIpc) is 2.82. The molecule has 34 heavy (non-hydrogen) atoms. The number of hydrogen-bond donors (Lipinski definition) is 1. The molecule has 0 radical (unpaired) electrons. The Labute approximate surface area is 202 Å². The third kappa shape index (κ3) is 5.13. The van der Waals surface area contributed by atoms with Crippen molar-refractivity contribution in [2.75, 3.05) is 6.54 Å². The van der Waals surface area contributed by atoms with E-state index in [4.69, 9.17) is 11.6 Å². The third-order valence-electron chi connectivity index (χ3n) is 5.55. The highest BCUT2D eigenvalue weighted by Crippen LogP contribution is 2.15. The van der Waals surface area contributed by atoms with Gasteiger partial charge in [-0.2, -0.15) is 0 Å². The number of nitrogens with zero attached hydrogens (tertiary/aromatic N) is 2. The van der Waals surface area contributed by atoms with Crippen LogP contribution in [-0.4, -0.2) is 21.6 Å². The van der Waals surface area contributed by atoms with E-state index in [0.717, 1.165) is 11.1 Å². The Morgan fingerprint density at radius 2 is 1.68 bits per heavy atom. The maximum Gasteiger partial charge on any atom is 0.336 e. The first kappa shape index (κ1) is 23.5. The van der Waals surface area contributed by atoms with Gasteiger partial charge in [-0.05, 0) is 53.4 Å². The number of para-hydroxylation sites is 1. The minimum absolute atomic E-state index is 0.0619. The van der Waals surface area contributed by atoms with Crippen LogP contribution in [0, 0.1) is 5.92 Å². The van der Waals surface area contributed by atoms with E-state index in [1.165, 1.54) is 4.57 Å². The van der Waals surface area contributed by atoms with Crippen LogP contribution < -0.4 is 16.6 Å². The smallest absolute Gasteiger partial charge is 0.336 e. The third-order valence-corrected chi connectivity index (χ3v) is 5.78. The second-order valence-electron chi connectivity index (χ2n) is 8.70. The van der Waals surface area contributed by atoms with Gasteiger partial charge in [0.1, 0.15) is 0 Å². The Kier molecular flexibility index (Phi) is 6.98. The van der Waals surface area contributed by atoms with Gasteiger partial charge in [-0.25, -0.2) is 9.36 Å². The normalized spacial score (nSPS) is 11.2. The van der Waals surface area contributed by atoms with Crippen molar-refractivity contribution in [3.63, 3.8) is 0 Å². The number of rotatable bonds is 7. The van der Waals surface area contributed by atoms with Gasteiger partial charge in [-0.3, -0.25) is 14.2 Å². The lowest BCUT2D eigenvalue weighted by Gasteiger charge is -2.15. The Morgan fingerprint density at radius 3 is 2.38 bits per heavy atom. The lowest BCUT2D eigenvalue weighted by Crippen LogP contribution is -2.39. The Hall–Kier alpha value is -3.64. The van der Waals surface area contributed by atoms with Crippen LogP contribution in [0.25, 0.3) is 16.6 Å². The summed E-state index contributed by atoms with van der Waals surface area (Å²) in [5.41, 5.74) is 1.85. The topological polar surface area (TPSA) is 73.1 Å². The molecular weight excluding hydrogens is 450 g/mol. The second-order valence-corrected chi connectivity index (χ2v) is 9.13. The largest absolute Gasteiger partial charge is 0.356 e. The predicted octanol–water partition coefficient (Wildman–Crippen LogP) is 4.17. The van der Waals surface area contributed by atoms with E-state index in [1.807, 2.05) is 26.0 Å². The standard InChI is InChI=1S/C27H26ClN3O3/c1-18(2)16-29-25(32)15-19-10-12-22(13-11-19)31-26(33)23-8-3-4-9-24(23)30(27(31)34)17-20-6-5-7-21(28)14-20/h3-14,18H,15-17H2,1-2H3,(H,29,32). The zero-order chi connectivity index (χ0) is 24.2. The lowest BCUT2D eigenvalue weighted by atomic mass is 10.1. The van der Waals surface area contributed by atoms with Crippen LogP contribution in [0.1, 0.15) is 25.0 Å². The summed E-state index contributed by atoms with van der Waals surface area (Å²) >= 11 is 6.14. The molecule has 1 aromatic heterocycles. The average molecular weight is 476 g/mol. The SMILES string of the molecule is CC(C)CNC(=O)Cc1ccc(-n2c(=O)c3ccccc3n(Cc3cccc(Cl)c3)c2=O)cc1. The zero-order valence-electron chi connectivity index (χ0n) is 19.1. The van der Waals surface area contributed by atoms with Crippen molar-refractivity contribution in [2.45, 2.75) is 26.8 Å². The van der Waals surface area contributed by atoms with Gasteiger partial charge >= 0.3 is 5.69 Å². The number of amides is 1. The lowest BCUT2D eigenvalue weighted by molar-refractivity contribution is -0.120. The van der Waals surface area contributed by atoms with E-state index >= 15 is 0 Å². The molecule has 0 atom stereocenters. The van der Waals surface area contributed by atoms with Gasteiger partial charge in [-0.1, -0.05) is 61.8 Å². The molecule has 0 unspecified atom stereocenters. The van der Waals surface area contributed by atoms with E-state index in [2.05, 4.69) is 5.32 Å². The molecule has 3 aromatic carbocycles. The molecule has 1 N–H and O–H groups in total. The number of fused-ring (bicyclic) bond motifs is 1. The van der Waals surface area contributed by atoms with Gasteiger partial charge in [0.15, 0.2) is 0 Å². The maximum absolute atomic E-state index is 13.5. The minimum atomic E-state index is -0.439. The summed E-state index contributed by atoms with van der Waals surface area (Å²) in [5, 5.41) is 3.92. The van der Waals surface area contributed by atoms with Crippen LogP contribution in [0.15, 0.2) is 82.4 Å². The molecule has 4 rings (SSSR count). The van der Waals surface area contributed by atoms with Crippen molar-refractivity contribution >= 4 is 28.4 Å². The number of nitrogens with one attached hydrogen (secondary N) is 1. The summed E-state index contributed by atoms with van der Waals surface area (Å²) in [5.74, 6) is 0.313. The van der Waals surface area contributed by atoms with Crippen LogP contribution >= 0.6 is 11.6 Å². The van der Waals surface area contributed by atoms with Crippen molar-refractivity contribution in [1.29, 1.82) is 0 Å². The van der Waals surface area contributed by atoms with Crippen LogP contribution in [0.4, 0.5) is 0 Å². The molecule has 0 saturated heterocycles. The Morgan fingerprint density at radius 1 is 0.941 bits per heavy atom. The first-order valence-corrected chi connectivity index (χ1v) is 11.6. The van der Waals surface area contributed by atoms with Gasteiger partial charge in [0.05, 0.1) is 29.6 Å². The molecule has 0 fully saturated rings. The summed E-state index contributed by atoms with van der Waals surface area (Å²) in [6, 6.07) is 21.3. The van der Waals surface area contributed by atoms with Crippen molar-refractivity contribution in [3.05, 3.63) is 110 Å². The van der Waals surface area contributed by atoms with Gasteiger partial charge in [0, 0.05) is 11.6 Å². The Balaban J connectivity index is 1.74. The van der Waals surface area contributed by atoms with Crippen molar-refractivity contribution < 1.29 is 4.79 Å². The summed E-state index contributed by atoms with van der Waals surface area (Å²) < 4.78 is 2.76. The number of halogens is 1. The molecule has 0 aliphatic rings. The zero-order valence-corrected chi connectivity index (χ0v) is 19.9. The number of hydrogen-bond acceptors (Lipinski definition) is 3. The first-order chi connectivity index (χ1) is 16.3. The van der Waals surface area contributed by atoms with Gasteiger partial charge < -0.3 is 5.32 Å². The minimum Gasteiger partial charge on any atom is -0.356 e. The molecular formula is C27H26ClN3O3. The highest BCUT2D eigenvalue weighted by Gasteiger charge is 2.15. The first-order valence-electron chi connectivity index (χ1n) is 11.2. The second kappa shape index (κ2) is 10.1. The molecule has 7 heteroatoms. The van der Waals surface area contributed by atoms with Gasteiger partial charge in [0.2, 0.25) is 5.91 Å². The fourth-order valence-corrected chi connectivity index (χ4v) is 4.06. The number of aromatic nitrogens is 2. The van der Waals surface area contributed by atoms with E-state index < -0.39 is 5.69 Å². The molecule has 0 bridgehead atoms. The van der Waals surface area contributed by atoms with E-state index in [1.54, 1.807) is 65.2 Å². The summed E-state index contributed by atoms with van der Waals surface area (Å²) in [4.78, 5) is 39.0. The van der Waals surface area contributed by atoms with Crippen LogP contribution in [-0.2, 0) is 17.8 Å². The van der Waals surface area contributed by atoms with Crippen molar-refractivity contribution in [3.8, 4) is 5.69 Å². The molecule has 174 valence electrons.